The van der Waals surface area contributed by atoms with Crippen LogP contribution in [0.25, 0.3) is 11.3 Å². The van der Waals surface area contributed by atoms with Crippen molar-refractivity contribution in [3.63, 3.8) is 0 Å². The van der Waals surface area contributed by atoms with Gasteiger partial charge >= 0.3 is 5.69 Å². The number of hydrogen-bond acceptors (Lipinski definition) is 7. The summed E-state index contributed by atoms with van der Waals surface area (Å²) in [6, 6.07) is 15.2. The van der Waals surface area contributed by atoms with Crippen LogP contribution in [0.1, 0.15) is 5.69 Å². The highest BCUT2D eigenvalue weighted by atomic mass is 32.2. The van der Waals surface area contributed by atoms with Crippen molar-refractivity contribution in [1.29, 1.82) is 0 Å². The average Bonchev–Trinajstić information content (AvgIpc) is 3.08. The fraction of sp³-hybridized carbons (Fsp3) is 0.118. The van der Waals surface area contributed by atoms with Gasteiger partial charge in [0.15, 0.2) is 15.6 Å². The van der Waals surface area contributed by atoms with Crippen LogP contribution in [0.5, 0.6) is 0 Å². The Labute approximate surface area is 149 Å². The summed E-state index contributed by atoms with van der Waals surface area (Å²) in [5.74, 6) is 0.571. The Kier molecular flexibility index (Phi) is 4.72. The summed E-state index contributed by atoms with van der Waals surface area (Å²) in [6.45, 7) is 0.143. The molecule has 3 rings (SSSR count). The second-order valence-electron chi connectivity index (χ2n) is 5.58. The van der Waals surface area contributed by atoms with E-state index < -0.39 is 20.4 Å². The van der Waals surface area contributed by atoms with Crippen molar-refractivity contribution in [1.82, 2.24) is 5.16 Å². The van der Waals surface area contributed by atoms with Crippen LogP contribution in [0.3, 0.4) is 0 Å². The van der Waals surface area contributed by atoms with Crippen LogP contribution in [0, 0.1) is 10.1 Å². The van der Waals surface area contributed by atoms with Gasteiger partial charge in [0.2, 0.25) is 0 Å². The van der Waals surface area contributed by atoms with E-state index in [0.29, 0.717) is 11.5 Å². The number of nitro benzene ring substituents is 1. The molecule has 26 heavy (non-hydrogen) atoms. The predicted octanol–water partition coefficient (Wildman–Crippen LogP) is 3.27. The van der Waals surface area contributed by atoms with Crippen molar-refractivity contribution in [3.8, 4) is 11.3 Å². The van der Waals surface area contributed by atoms with Gasteiger partial charge in [0.25, 0.3) is 0 Å². The van der Waals surface area contributed by atoms with Gasteiger partial charge in [-0.3, -0.25) is 10.1 Å². The molecule has 1 aromatic heterocycles. The zero-order valence-electron chi connectivity index (χ0n) is 13.7. The number of nitro groups is 1. The van der Waals surface area contributed by atoms with Crippen LogP contribution < -0.4 is 5.32 Å². The molecular weight excluding hydrogens is 358 g/mol. The Morgan fingerprint density at radius 3 is 2.54 bits per heavy atom. The van der Waals surface area contributed by atoms with Crippen molar-refractivity contribution in [3.05, 3.63) is 70.4 Å². The molecule has 0 atom stereocenters. The van der Waals surface area contributed by atoms with Crippen LogP contribution in [0.2, 0.25) is 0 Å². The largest absolute Gasteiger partial charge is 0.374 e. The lowest BCUT2D eigenvalue weighted by Crippen LogP contribution is -2.07. The lowest BCUT2D eigenvalue weighted by molar-refractivity contribution is -0.386. The van der Waals surface area contributed by atoms with Gasteiger partial charge in [-0.15, -0.1) is 0 Å². The SMILES string of the molecule is CS(=O)(=O)c1cccc(NCc2cc(-c3ccccc3)on2)c1[N+](=O)[O-]. The number of rotatable bonds is 6. The minimum atomic E-state index is -3.73. The van der Waals surface area contributed by atoms with Crippen LogP contribution in [-0.4, -0.2) is 24.8 Å². The highest BCUT2D eigenvalue weighted by molar-refractivity contribution is 7.90. The monoisotopic (exact) mass is 373 g/mol. The molecule has 1 heterocycles. The van der Waals surface area contributed by atoms with E-state index in [2.05, 4.69) is 10.5 Å². The maximum Gasteiger partial charge on any atom is 0.310 e. The zero-order chi connectivity index (χ0) is 18.7. The van der Waals surface area contributed by atoms with E-state index in [4.69, 9.17) is 4.52 Å². The number of para-hydroxylation sites is 1. The Morgan fingerprint density at radius 2 is 1.88 bits per heavy atom. The lowest BCUT2D eigenvalue weighted by atomic mass is 10.1. The standard InChI is InChI=1S/C17H15N3O5S/c1-26(23,24)16-9-5-8-14(17(16)20(21)22)18-11-13-10-15(25-19-13)12-6-3-2-4-7-12/h2-10,18H,11H2,1H3. The molecule has 0 saturated carbocycles. The predicted molar refractivity (Wildman–Crippen MR) is 95.5 cm³/mol. The van der Waals surface area contributed by atoms with Gasteiger partial charge in [-0.1, -0.05) is 41.6 Å². The zero-order valence-corrected chi connectivity index (χ0v) is 14.6. The minimum Gasteiger partial charge on any atom is -0.374 e. The van der Waals surface area contributed by atoms with Gasteiger partial charge in [-0.2, -0.15) is 0 Å². The number of aromatic nitrogens is 1. The van der Waals surface area contributed by atoms with Crippen molar-refractivity contribution < 1.29 is 17.9 Å². The number of anilines is 1. The second-order valence-corrected chi connectivity index (χ2v) is 7.57. The molecule has 1 N–H and O–H groups in total. The number of nitrogens with one attached hydrogen (secondary N) is 1. The van der Waals surface area contributed by atoms with Crippen LogP contribution in [0.15, 0.2) is 64.0 Å². The van der Waals surface area contributed by atoms with E-state index in [0.717, 1.165) is 11.8 Å². The Morgan fingerprint density at radius 1 is 1.15 bits per heavy atom. The molecule has 0 unspecified atom stereocenters. The highest BCUT2D eigenvalue weighted by Crippen LogP contribution is 2.32. The number of hydrogen-bond donors (Lipinski definition) is 1. The maximum absolute atomic E-state index is 11.8. The molecule has 0 aliphatic rings. The van der Waals surface area contributed by atoms with Gasteiger partial charge < -0.3 is 9.84 Å². The smallest absolute Gasteiger partial charge is 0.310 e. The van der Waals surface area contributed by atoms with E-state index >= 15 is 0 Å². The van der Waals surface area contributed by atoms with Crippen molar-refractivity contribution in [2.45, 2.75) is 11.4 Å². The molecule has 3 aromatic rings. The molecular formula is C17H15N3O5S. The van der Waals surface area contributed by atoms with E-state index in [1.54, 1.807) is 6.07 Å². The van der Waals surface area contributed by atoms with Gasteiger partial charge in [0.05, 0.1) is 11.5 Å². The molecule has 0 fully saturated rings. The van der Waals surface area contributed by atoms with E-state index in [1.165, 1.54) is 18.2 Å². The molecule has 0 aliphatic heterocycles. The lowest BCUT2D eigenvalue weighted by Gasteiger charge is -2.08. The van der Waals surface area contributed by atoms with Crippen LogP contribution >= 0.6 is 0 Å². The van der Waals surface area contributed by atoms with Crippen LogP contribution in [0.4, 0.5) is 11.4 Å². The van der Waals surface area contributed by atoms with Crippen LogP contribution in [-0.2, 0) is 16.4 Å². The molecule has 0 radical (unpaired) electrons. The number of nitrogens with zero attached hydrogens (tertiary/aromatic N) is 2. The first-order chi connectivity index (χ1) is 12.4. The molecule has 9 heteroatoms. The summed E-state index contributed by atoms with van der Waals surface area (Å²) in [4.78, 5) is 10.3. The number of benzene rings is 2. The van der Waals surface area contributed by atoms with Gasteiger partial charge in [0, 0.05) is 17.9 Å². The first-order valence-corrected chi connectivity index (χ1v) is 9.48. The Bertz CT molecular complexity index is 1050. The molecule has 8 nitrogen and oxygen atoms in total. The highest BCUT2D eigenvalue weighted by Gasteiger charge is 2.26. The summed E-state index contributed by atoms with van der Waals surface area (Å²) in [5, 5.41) is 18.1. The van der Waals surface area contributed by atoms with E-state index in [9.17, 15) is 18.5 Å². The Hall–Kier alpha value is -3.20. The van der Waals surface area contributed by atoms with Gasteiger partial charge in [0.1, 0.15) is 16.3 Å². The topological polar surface area (TPSA) is 115 Å². The summed E-state index contributed by atoms with van der Waals surface area (Å²) in [6.07, 6.45) is 0.933. The molecule has 0 spiro atoms. The maximum atomic E-state index is 11.8. The fourth-order valence-electron chi connectivity index (χ4n) is 2.47. The molecule has 0 saturated heterocycles. The fourth-order valence-corrected chi connectivity index (χ4v) is 3.33. The summed E-state index contributed by atoms with van der Waals surface area (Å²) < 4.78 is 28.8. The summed E-state index contributed by atoms with van der Waals surface area (Å²) in [7, 11) is -3.73. The van der Waals surface area contributed by atoms with Gasteiger partial charge in [-0.25, -0.2) is 8.42 Å². The third kappa shape index (κ3) is 3.72. The van der Waals surface area contributed by atoms with E-state index in [-0.39, 0.29) is 17.1 Å². The summed E-state index contributed by atoms with van der Waals surface area (Å²) >= 11 is 0. The third-order valence-corrected chi connectivity index (χ3v) is 4.79. The molecule has 134 valence electrons. The van der Waals surface area contributed by atoms with Crippen molar-refractivity contribution in [2.24, 2.45) is 0 Å². The molecule has 0 bridgehead atoms. The first kappa shape index (κ1) is 17.6. The average molecular weight is 373 g/mol. The van der Waals surface area contributed by atoms with Gasteiger partial charge in [-0.05, 0) is 12.1 Å². The van der Waals surface area contributed by atoms with Crippen molar-refractivity contribution >= 4 is 21.2 Å². The number of sulfone groups is 1. The molecule has 0 aliphatic carbocycles. The quantitative estimate of drug-likeness (QED) is 0.521. The second kappa shape index (κ2) is 6.96. The molecule has 0 amide bonds. The Balaban J connectivity index is 1.85. The summed E-state index contributed by atoms with van der Waals surface area (Å²) in [5.41, 5.74) is 1.00. The minimum absolute atomic E-state index is 0.0992. The normalized spacial score (nSPS) is 11.3. The van der Waals surface area contributed by atoms with Crippen molar-refractivity contribution in [2.75, 3.05) is 11.6 Å². The van der Waals surface area contributed by atoms with E-state index in [1.807, 2.05) is 30.3 Å². The first-order valence-electron chi connectivity index (χ1n) is 7.58. The third-order valence-electron chi connectivity index (χ3n) is 3.66. The molecule has 2 aromatic carbocycles.